The summed E-state index contributed by atoms with van der Waals surface area (Å²) in [4.78, 5) is 10.6. The Morgan fingerprint density at radius 3 is 2.40 bits per heavy atom. The van der Waals surface area contributed by atoms with Crippen molar-refractivity contribution in [1.82, 2.24) is 0 Å². The van der Waals surface area contributed by atoms with E-state index in [9.17, 15) is 10.1 Å². The molecular formula is C7H4Cl3NO2S2. The lowest BCUT2D eigenvalue weighted by molar-refractivity contribution is -0.387. The van der Waals surface area contributed by atoms with Crippen molar-refractivity contribution in [2.24, 2.45) is 0 Å². The molecule has 0 aliphatic heterocycles. The first-order valence-corrected chi connectivity index (χ1v) is 6.84. The van der Waals surface area contributed by atoms with Gasteiger partial charge in [0.15, 0.2) is 0 Å². The fraction of sp³-hybridized carbons (Fsp3) is 0.143. The molecule has 3 nitrogen and oxygen atoms in total. The van der Waals surface area contributed by atoms with E-state index in [0.29, 0.717) is 4.90 Å². The number of alkyl halides is 3. The Kier molecular flexibility index (Phi) is 4.86. The molecular weight excluding hydrogens is 301 g/mol. The summed E-state index contributed by atoms with van der Waals surface area (Å²) in [5, 5.41) is 10.6. The van der Waals surface area contributed by atoms with Crippen LogP contribution in [0.15, 0.2) is 29.2 Å². The maximum atomic E-state index is 10.6. The number of halogens is 3. The zero-order valence-corrected chi connectivity index (χ0v) is 10.9. The second-order valence-electron chi connectivity index (χ2n) is 2.34. The van der Waals surface area contributed by atoms with Gasteiger partial charge in [-0.05, 0) is 27.7 Å². The second-order valence-corrected chi connectivity index (χ2v) is 7.68. The summed E-state index contributed by atoms with van der Waals surface area (Å²) in [6.45, 7) is 0. The van der Waals surface area contributed by atoms with Gasteiger partial charge < -0.3 is 0 Å². The first kappa shape index (κ1) is 13.3. The van der Waals surface area contributed by atoms with Gasteiger partial charge in [0.05, 0.1) is 9.82 Å². The molecule has 15 heavy (non-hydrogen) atoms. The van der Waals surface area contributed by atoms with Gasteiger partial charge in [-0.3, -0.25) is 10.1 Å². The molecule has 0 N–H and O–H groups in total. The molecule has 0 bridgehead atoms. The summed E-state index contributed by atoms with van der Waals surface area (Å²) in [6, 6.07) is 6.28. The number of rotatable bonds is 3. The zero-order chi connectivity index (χ0) is 11.5. The summed E-state index contributed by atoms with van der Waals surface area (Å²) in [7, 11) is 1.99. The van der Waals surface area contributed by atoms with Crippen molar-refractivity contribution in [3.8, 4) is 0 Å². The van der Waals surface area contributed by atoms with Crippen LogP contribution in [0, 0.1) is 10.1 Å². The summed E-state index contributed by atoms with van der Waals surface area (Å²) < 4.78 is -1.49. The van der Waals surface area contributed by atoms with Crippen LogP contribution in [0.1, 0.15) is 0 Å². The highest BCUT2D eigenvalue weighted by atomic mass is 35.6. The van der Waals surface area contributed by atoms with E-state index >= 15 is 0 Å². The predicted octanol–water partition coefficient (Wildman–Crippen LogP) is 4.66. The van der Waals surface area contributed by atoms with Crippen molar-refractivity contribution in [1.29, 1.82) is 0 Å². The molecule has 0 aromatic heterocycles. The monoisotopic (exact) mass is 303 g/mol. The minimum Gasteiger partial charge on any atom is -0.258 e. The fourth-order valence-electron chi connectivity index (χ4n) is 0.771. The van der Waals surface area contributed by atoms with Crippen LogP contribution in [0.4, 0.5) is 5.69 Å². The van der Waals surface area contributed by atoms with Crippen LogP contribution < -0.4 is 0 Å². The zero-order valence-electron chi connectivity index (χ0n) is 7.02. The van der Waals surface area contributed by atoms with Crippen molar-refractivity contribution in [3.05, 3.63) is 34.4 Å². The topological polar surface area (TPSA) is 43.1 Å². The Morgan fingerprint density at radius 1 is 1.27 bits per heavy atom. The third kappa shape index (κ3) is 4.70. The van der Waals surface area contributed by atoms with Crippen LogP contribution >= 0.6 is 56.4 Å². The van der Waals surface area contributed by atoms with E-state index in [2.05, 4.69) is 0 Å². The van der Waals surface area contributed by atoms with E-state index in [1.807, 2.05) is 0 Å². The molecule has 0 amide bonds. The van der Waals surface area contributed by atoms with Crippen LogP contribution in [0.2, 0.25) is 0 Å². The molecule has 0 saturated heterocycles. The highest BCUT2D eigenvalue weighted by Gasteiger charge is 2.23. The van der Waals surface area contributed by atoms with Crippen LogP contribution in [0.3, 0.4) is 0 Å². The molecule has 0 atom stereocenters. The van der Waals surface area contributed by atoms with Crippen molar-refractivity contribution in [2.75, 3.05) is 0 Å². The lowest BCUT2D eigenvalue weighted by Gasteiger charge is -2.08. The molecule has 1 rings (SSSR count). The first-order chi connectivity index (χ1) is 6.90. The normalized spacial score (nSPS) is 11.4. The minimum atomic E-state index is -1.49. The van der Waals surface area contributed by atoms with Crippen LogP contribution in [0.25, 0.3) is 0 Å². The minimum absolute atomic E-state index is 0.00394. The van der Waals surface area contributed by atoms with Gasteiger partial charge in [-0.25, -0.2) is 0 Å². The molecule has 0 spiro atoms. The number of para-hydroxylation sites is 1. The van der Waals surface area contributed by atoms with E-state index in [-0.39, 0.29) is 5.69 Å². The maximum absolute atomic E-state index is 10.6. The Hall–Kier alpha value is 0.190. The SMILES string of the molecule is O=[N+]([O-])c1ccccc1SSC(Cl)(Cl)Cl. The number of benzene rings is 1. The highest BCUT2D eigenvalue weighted by molar-refractivity contribution is 8.78. The van der Waals surface area contributed by atoms with E-state index in [1.165, 1.54) is 6.07 Å². The Balaban J connectivity index is 2.81. The molecule has 82 valence electrons. The molecule has 0 aliphatic carbocycles. The molecule has 0 unspecified atom stereocenters. The van der Waals surface area contributed by atoms with Crippen LogP contribution in [-0.4, -0.2) is 8.05 Å². The Labute approximate surface area is 109 Å². The standard InChI is InChI=1S/C7H4Cl3NO2S2/c8-7(9,10)15-14-6-4-2-1-3-5(6)11(12)13/h1-4H. The molecule has 1 aromatic rings. The van der Waals surface area contributed by atoms with E-state index < -0.39 is 8.05 Å². The average Bonchev–Trinajstić information content (AvgIpc) is 2.14. The molecule has 0 heterocycles. The van der Waals surface area contributed by atoms with Gasteiger partial charge >= 0.3 is 0 Å². The lowest BCUT2D eigenvalue weighted by Crippen LogP contribution is -1.92. The molecule has 0 fully saturated rings. The second kappa shape index (κ2) is 5.50. The van der Waals surface area contributed by atoms with Gasteiger partial charge in [-0.15, -0.1) is 0 Å². The van der Waals surface area contributed by atoms with Gasteiger partial charge in [0, 0.05) is 6.07 Å². The predicted molar refractivity (Wildman–Crippen MR) is 66.8 cm³/mol. The number of hydrogen-bond acceptors (Lipinski definition) is 4. The molecule has 0 radical (unpaired) electrons. The number of nitro groups is 1. The highest BCUT2D eigenvalue weighted by Crippen LogP contribution is 2.50. The van der Waals surface area contributed by atoms with E-state index in [0.717, 1.165) is 21.6 Å². The Morgan fingerprint density at radius 2 is 1.87 bits per heavy atom. The summed E-state index contributed by atoms with van der Waals surface area (Å²) in [6.07, 6.45) is 0. The molecule has 1 aromatic carbocycles. The third-order valence-corrected chi connectivity index (χ3v) is 5.14. The van der Waals surface area contributed by atoms with Crippen molar-refractivity contribution in [3.63, 3.8) is 0 Å². The van der Waals surface area contributed by atoms with Crippen LogP contribution in [-0.2, 0) is 0 Å². The van der Waals surface area contributed by atoms with Gasteiger partial charge in [0.2, 0.25) is 3.12 Å². The van der Waals surface area contributed by atoms with Gasteiger partial charge in [-0.1, -0.05) is 46.9 Å². The van der Waals surface area contributed by atoms with Gasteiger partial charge in [0.1, 0.15) is 0 Å². The van der Waals surface area contributed by atoms with Gasteiger partial charge in [0.25, 0.3) is 5.69 Å². The average molecular weight is 305 g/mol. The van der Waals surface area contributed by atoms with Crippen LogP contribution in [0.5, 0.6) is 0 Å². The quantitative estimate of drug-likeness (QED) is 0.352. The summed E-state index contributed by atoms with van der Waals surface area (Å²) in [5.41, 5.74) is 0.00394. The molecule has 0 aliphatic rings. The number of hydrogen-bond donors (Lipinski definition) is 0. The summed E-state index contributed by atoms with van der Waals surface area (Å²) >= 11 is 16.6. The fourth-order valence-corrected chi connectivity index (χ4v) is 3.14. The molecule has 0 saturated carbocycles. The number of nitrogens with zero attached hydrogens (tertiary/aromatic N) is 1. The van der Waals surface area contributed by atoms with E-state index in [1.54, 1.807) is 18.2 Å². The van der Waals surface area contributed by atoms with E-state index in [4.69, 9.17) is 34.8 Å². The third-order valence-electron chi connectivity index (χ3n) is 1.29. The smallest absolute Gasteiger partial charge is 0.258 e. The Bertz CT molecular complexity index is 369. The van der Waals surface area contributed by atoms with Crippen molar-refractivity contribution < 1.29 is 4.92 Å². The van der Waals surface area contributed by atoms with Crippen molar-refractivity contribution >= 4 is 62.1 Å². The number of nitro benzene ring substituents is 1. The van der Waals surface area contributed by atoms with Gasteiger partial charge in [-0.2, -0.15) is 0 Å². The molecule has 8 heteroatoms. The maximum Gasteiger partial charge on any atom is 0.283 e. The summed E-state index contributed by atoms with van der Waals surface area (Å²) in [5.74, 6) is 0. The largest absolute Gasteiger partial charge is 0.283 e. The lowest BCUT2D eigenvalue weighted by atomic mass is 10.3. The first-order valence-electron chi connectivity index (χ1n) is 3.56. The van der Waals surface area contributed by atoms with Crippen molar-refractivity contribution in [2.45, 2.75) is 8.02 Å².